The van der Waals surface area contributed by atoms with Crippen LogP contribution in [-0.2, 0) is 11.3 Å². The van der Waals surface area contributed by atoms with Gasteiger partial charge in [-0.2, -0.15) is 0 Å². The number of fused-ring (bicyclic) bond motifs is 1. The van der Waals surface area contributed by atoms with Crippen molar-refractivity contribution in [1.82, 2.24) is 19.4 Å². The van der Waals surface area contributed by atoms with Gasteiger partial charge in [0.1, 0.15) is 0 Å². The maximum absolute atomic E-state index is 12.8. The Balaban J connectivity index is 1.73. The van der Waals surface area contributed by atoms with Crippen LogP contribution in [0, 0.1) is 0 Å². The number of aromatic nitrogens is 2. The summed E-state index contributed by atoms with van der Waals surface area (Å²) in [6, 6.07) is 8.07. The summed E-state index contributed by atoms with van der Waals surface area (Å²) in [5.74, 6) is 0.206. The van der Waals surface area contributed by atoms with Crippen LogP contribution >= 0.6 is 11.8 Å². The zero-order chi connectivity index (χ0) is 17.8. The molecule has 2 heterocycles. The highest BCUT2D eigenvalue weighted by Crippen LogP contribution is 2.28. The SMILES string of the molecule is C=CCn1c(SC(C)C(=O)N2CCN(CC)CC2)nc2ccccc21. The number of thioether (sulfide) groups is 1. The molecule has 0 spiro atoms. The Bertz CT molecular complexity index is 749. The molecular weight excluding hydrogens is 332 g/mol. The molecule has 1 amide bonds. The lowest BCUT2D eigenvalue weighted by molar-refractivity contribution is -0.132. The third kappa shape index (κ3) is 3.90. The third-order valence-electron chi connectivity index (χ3n) is 4.69. The average molecular weight is 359 g/mol. The predicted molar refractivity (Wildman–Crippen MR) is 104 cm³/mol. The number of hydrogen-bond donors (Lipinski definition) is 0. The Labute approximate surface area is 153 Å². The Morgan fingerprint density at radius 3 is 2.72 bits per heavy atom. The summed E-state index contributed by atoms with van der Waals surface area (Å²) in [6.07, 6.45) is 1.87. The number of likely N-dealkylation sites (N-methyl/N-ethyl adjacent to an activating group) is 1. The van der Waals surface area contributed by atoms with Gasteiger partial charge in [-0.15, -0.1) is 6.58 Å². The molecule has 0 radical (unpaired) electrons. The molecule has 1 aliphatic rings. The third-order valence-corrected chi connectivity index (χ3v) is 5.77. The molecule has 1 aromatic heterocycles. The van der Waals surface area contributed by atoms with E-state index in [0.29, 0.717) is 6.54 Å². The standard InChI is InChI=1S/C19H26N4OS/c1-4-10-23-17-9-7-6-8-16(17)20-19(23)25-15(3)18(24)22-13-11-21(5-2)12-14-22/h4,6-9,15H,1,5,10-14H2,2-3H3. The van der Waals surface area contributed by atoms with E-state index in [9.17, 15) is 4.79 Å². The van der Waals surface area contributed by atoms with Crippen molar-refractivity contribution in [3.63, 3.8) is 0 Å². The number of carbonyl (C=O) groups excluding carboxylic acids is 1. The van der Waals surface area contributed by atoms with Gasteiger partial charge in [0.15, 0.2) is 5.16 Å². The molecule has 2 aromatic rings. The number of benzene rings is 1. The van der Waals surface area contributed by atoms with E-state index >= 15 is 0 Å². The van der Waals surface area contributed by atoms with E-state index in [2.05, 4.69) is 29.0 Å². The number of hydrogen-bond acceptors (Lipinski definition) is 4. The lowest BCUT2D eigenvalue weighted by Crippen LogP contribution is -2.50. The monoisotopic (exact) mass is 358 g/mol. The Morgan fingerprint density at radius 1 is 1.32 bits per heavy atom. The van der Waals surface area contributed by atoms with Crippen molar-refractivity contribution >= 4 is 28.7 Å². The molecule has 134 valence electrons. The highest BCUT2D eigenvalue weighted by Gasteiger charge is 2.26. The number of allylic oxidation sites excluding steroid dienone is 1. The molecule has 1 fully saturated rings. The van der Waals surface area contributed by atoms with Crippen LogP contribution in [0.1, 0.15) is 13.8 Å². The van der Waals surface area contributed by atoms with Gasteiger partial charge in [0, 0.05) is 32.7 Å². The van der Waals surface area contributed by atoms with Crippen molar-refractivity contribution in [3.8, 4) is 0 Å². The van der Waals surface area contributed by atoms with E-state index in [0.717, 1.165) is 48.9 Å². The first-order chi connectivity index (χ1) is 12.1. The van der Waals surface area contributed by atoms with Gasteiger partial charge in [-0.05, 0) is 25.6 Å². The molecule has 1 unspecified atom stereocenters. The van der Waals surface area contributed by atoms with Gasteiger partial charge >= 0.3 is 0 Å². The smallest absolute Gasteiger partial charge is 0.235 e. The van der Waals surface area contributed by atoms with Crippen LogP contribution in [0.2, 0.25) is 0 Å². The summed E-state index contributed by atoms with van der Waals surface area (Å²) < 4.78 is 2.13. The predicted octanol–water partition coefficient (Wildman–Crippen LogP) is 2.87. The number of para-hydroxylation sites is 2. The van der Waals surface area contributed by atoms with Crippen molar-refractivity contribution < 1.29 is 4.79 Å². The van der Waals surface area contributed by atoms with Crippen molar-refractivity contribution in [1.29, 1.82) is 0 Å². The van der Waals surface area contributed by atoms with E-state index in [1.54, 1.807) is 11.8 Å². The fraction of sp³-hybridized carbons (Fsp3) is 0.474. The summed E-state index contributed by atoms with van der Waals surface area (Å²) in [4.78, 5) is 21.9. The molecule has 6 heteroatoms. The topological polar surface area (TPSA) is 41.4 Å². The van der Waals surface area contributed by atoms with Gasteiger partial charge in [0.2, 0.25) is 5.91 Å². The molecule has 1 atom stereocenters. The first kappa shape index (κ1) is 18.0. The van der Waals surface area contributed by atoms with Crippen LogP contribution in [0.4, 0.5) is 0 Å². The second-order valence-electron chi connectivity index (χ2n) is 6.30. The number of carbonyl (C=O) groups is 1. The summed E-state index contributed by atoms with van der Waals surface area (Å²) in [6.45, 7) is 13.3. The lowest BCUT2D eigenvalue weighted by atomic mass is 10.3. The quantitative estimate of drug-likeness (QED) is 0.588. The number of amides is 1. The molecular formula is C19H26N4OS. The van der Waals surface area contributed by atoms with Crippen LogP contribution in [0.25, 0.3) is 11.0 Å². The van der Waals surface area contributed by atoms with E-state index < -0.39 is 0 Å². The highest BCUT2D eigenvalue weighted by molar-refractivity contribution is 8.00. The maximum Gasteiger partial charge on any atom is 0.235 e. The second kappa shape index (κ2) is 8.06. The van der Waals surface area contributed by atoms with Crippen LogP contribution in [-0.4, -0.2) is 63.2 Å². The van der Waals surface area contributed by atoms with Crippen molar-refractivity contribution in [2.24, 2.45) is 0 Å². The summed E-state index contributed by atoms with van der Waals surface area (Å²) >= 11 is 1.54. The molecule has 0 saturated carbocycles. The largest absolute Gasteiger partial charge is 0.339 e. The minimum absolute atomic E-state index is 0.145. The van der Waals surface area contributed by atoms with Crippen LogP contribution in [0.3, 0.4) is 0 Å². The maximum atomic E-state index is 12.8. The zero-order valence-corrected chi connectivity index (χ0v) is 15.8. The van der Waals surface area contributed by atoms with E-state index in [-0.39, 0.29) is 11.2 Å². The van der Waals surface area contributed by atoms with Crippen molar-refractivity contribution in [3.05, 3.63) is 36.9 Å². The number of rotatable bonds is 6. The van der Waals surface area contributed by atoms with E-state index in [1.165, 1.54) is 0 Å². The first-order valence-electron chi connectivity index (χ1n) is 8.88. The molecule has 0 bridgehead atoms. The van der Waals surface area contributed by atoms with Gasteiger partial charge in [-0.25, -0.2) is 4.98 Å². The minimum Gasteiger partial charge on any atom is -0.339 e. The minimum atomic E-state index is -0.145. The lowest BCUT2D eigenvalue weighted by Gasteiger charge is -2.35. The molecule has 25 heavy (non-hydrogen) atoms. The van der Waals surface area contributed by atoms with Crippen LogP contribution in [0.15, 0.2) is 42.1 Å². The molecule has 1 aromatic carbocycles. The van der Waals surface area contributed by atoms with Gasteiger partial charge in [-0.1, -0.05) is 36.9 Å². The fourth-order valence-corrected chi connectivity index (χ4v) is 4.22. The van der Waals surface area contributed by atoms with Crippen LogP contribution < -0.4 is 0 Å². The average Bonchev–Trinajstić information content (AvgIpc) is 2.99. The van der Waals surface area contributed by atoms with Crippen LogP contribution in [0.5, 0.6) is 0 Å². The molecule has 5 nitrogen and oxygen atoms in total. The fourth-order valence-electron chi connectivity index (χ4n) is 3.20. The summed E-state index contributed by atoms with van der Waals surface area (Å²) in [5.41, 5.74) is 2.05. The van der Waals surface area contributed by atoms with Crippen molar-refractivity contribution in [2.75, 3.05) is 32.7 Å². The van der Waals surface area contributed by atoms with Gasteiger partial charge < -0.3 is 14.4 Å². The normalized spacial score (nSPS) is 17.0. The van der Waals surface area contributed by atoms with E-state index in [1.807, 2.05) is 36.1 Å². The Hall–Kier alpha value is -1.79. The Kier molecular flexibility index (Phi) is 5.81. The first-order valence-corrected chi connectivity index (χ1v) is 9.76. The molecule has 1 aliphatic heterocycles. The number of nitrogens with zero attached hydrogens (tertiary/aromatic N) is 4. The second-order valence-corrected chi connectivity index (χ2v) is 7.61. The number of piperazine rings is 1. The van der Waals surface area contributed by atoms with Gasteiger partial charge in [0.05, 0.1) is 16.3 Å². The highest BCUT2D eigenvalue weighted by atomic mass is 32.2. The van der Waals surface area contributed by atoms with Gasteiger partial charge in [-0.3, -0.25) is 4.79 Å². The summed E-state index contributed by atoms with van der Waals surface area (Å²) in [5, 5.41) is 0.739. The van der Waals surface area contributed by atoms with Gasteiger partial charge in [0.25, 0.3) is 0 Å². The Morgan fingerprint density at radius 2 is 2.04 bits per heavy atom. The molecule has 1 saturated heterocycles. The summed E-state index contributed by atoms with van der Waals surface area (Å²) in [7, 11) is 0. The molecule has 3 rings (SSSR count). The molecule has 0 aliphatic carbocycles. The number of imidazole rings is 1. The van der Waals surface area contributed by atoms with E-state index in [4.69, 9.17) is 4.98 Å². The molecule has 0 N–H and O–H groups in total. The zero-order valence-electron chi connectivity index (χ0n) is 15.0. The van der Waals surface area contributed by atoms with Crippen molar-refractivity contribution in [2.45, 2.75) is 30.8 Å².